The number of amides is 1. The van der Waals surface area contributed by atoms with Crippen molar-refractivity contribution >= 4 is 5.91 Å². The maximum atomic E-state index is 13.1. The molecular weight excluding hydrogens is 408 g/mol. The van der Waals surface area contributed by atoms with Crippen molar-refractivity contribution in [3.8, 4) is 11.5 Å². The molecule has 3 N–H and O–H groups in total. The number of ether oxygens (including phenoxy) is 2. The van der Waals surface area contributed by atoms with Crippen molar-refractivity contribution in [2.24, 2.45) is 0 Å². The van der Waals surface area contributed by atoms with Gasteiger partial charge < -0.3 is 24.6 Å². The van der Waals surface area contributed by atoms with E-state index < -0.39 is 12.1 Å². The Morgan fingerprint density at radius 3 is 2.28 bits per heavy atom. The normalized spacial score (nSPS) is 16.1. The number of hydrogen-bond donors (Lipinski definition) is 3. The standard InChI is InChI=1S/C22H26N2O4.C2H6.CH4O/c25-21(17-8-9-18-19(14-17)28-13-12-27-18)20(22(26)24-10-4-5-11-24)23-15-16-6-2-1-3-7-16;2*1-2/h1-3,6-9,14,20-21,23,25H,4-5,10-13,15H2;1-2H3;2H,1H3/t20?,21-;;/m1../s1. The predicted molar refractivity (Wildman–Crippen MR) is 125 cm³/mol. The van der Waals surface area contributed by atoms with Crippen LogP contribution in [0, 0.1) is 0 Å². The molecule has 32 heavy (non-hydrogen) atoms. The summed E-state index contributed by atoms with van der Waals surface area (Å²) >= 11 is 0. The van der Waals surface area contributed by atoms with Crippen molar-refractivity contribution in [2.45, 2.75) is 45.4 Å². The topological polar surface area (TPSA) is 91.3 Å². The average Bonchev–Trinajstić information content (AvgIpc) is 3.42. The molecule has 2 aliphatic rings. The van der Waals surface area contributed by atoms with E-state index in [4.69, 9.17) is 14.6 Å². The number of aliphatic hydroxyl groups is 2. The lowest BCUT2D eigenvalue weighted by molar-refractivity contribution is -0.135. The minimum Gasteiger partial charge on any atom is -0.486 e. The van der Waals surface area contributed by atoms with Crippen molar-refractivity contribution in [1.29, 1.82) is 0 Å². The van der Waals surface area contributed by atoms with Crippen LogP contribution in [0.15, 0.2) is 48.5 Å². The molecule has 0 bridgehead atoms. The molecule has 4 rings (SSSR count). The minimum absolute atomic E-state index is 0.0594. The second-order valence-corrected chi connectivity index (χ2v) is 7.22. The van der Waals surface area contributed by atoms with Gasteiger partial charge in [-0.1, -0.05) is 50.2 Å². The molecule has 0 radical (unpaired) electrons. The van der Waals surface area contributed by atoms with Crippen LogP contribution >= 0.6 is 0 Å². The monoisotopic (exact) mass is 444 g/mol. The van der Waals surface area contributed by atoms with Crippen molar-refractivity contribution in [1.82, 2.24) is 10.2 Å². The number of likely N-dealkylation sites (tertiary alicyclic amines) is 1. The summed E-state index contributed by atoms with van der Waals surface area (Å²) in [6.07, 6.45) is 1.04. The molecule has 176 valence electrons. The quantitative estimate of drug-likeness (QED) is 0.635. The molecule has 2 heterocycles. The molecule has 1 amide bonds. The zero-order valence-electron chi connectivity index (χ0n) is 19.3. The van der Waals surface area contributed by atoms with Crippen LogP contribution in [0.3, 0.4) is 0 Å². The summed E-state index contributed by atoms with van der Waals surface area (Å²) in [6, 6.07) is 14.5. The Hall–Kier alpha value is -2.61. The molecule has 0 aromatic heterocycles. The van der Waals surface area contributed by atoms with Crippen LogP contribution in [-0.2, 0) is 11.3 Å². The van der Waals surface area contributed by atoms with Gasteiger partial charge in [0.15, 0.2) is 11.5 Å². The van der Waals surface area contributed by atoms with Gasteiger partial charge in [-0.25, -0.2) is 0 Å². The lowest BCUT2D eigenvalue weighted by Crippen LogP contribution is -2.48. The van der Waals surface area contributed by atoms with Crippen molar-refractivity contribution in [2.75, 3.05) is 33.4 Å². The second kappa shape index (κ2) is 13.7. The molecule has 1 unspecified atom stereocenters. The molecule has 7 heteroatoms. The summed E-state index contributed by atoms with van der Waals surface area (Å²) in [4.78, 5) is 15.0. The van der Waals surface area contributed by atoms with Crippen molar-refractivity contribution in [3.63, 3.8) is 0 Å². The van der Waals surface area contributed by atoms with E-state index in [1.165, 1.54) is 0 Å². The molecule has 1 fully saturated rings. The molecule has 2 aliphatic heterocycles. The molecule has 0 aliphatic carbocycles. The van der Waals surface area contributed by atoms with Gasteiger partial charge in [0.05, 0.1) is 0 Å². The number of carbonyl (C=O) groups excluding carboxylic acids is 1. The number of carbonyl (C=O) groups is 1. The molecular formula is C25H36N2O5. The van der Waals surface area contributed by atoms with E-state index in [9.17, 15) is 9.90 Å². The third kappa shape index (κ3) is 6.69. The first-order chi connectivity index (χ1) is 15.7. The van der Waals surface area contributed by atoms with E-state index in [1.54, 1.807) is 18.2 Å². The number of aliphatic hydroxyl groups excluding tert-OH is 2. The van der Waals surface area contributed by atoms with Crippen molar-refractivity contribution in [3.05, 3.63) is 59.7 Å². The summed E-state index contributed by atoms with van der Waals surface area (Å²) in [6.45, 7) is 7.00. The van der Waals surface area contributed by atoms with Gasteiger partial charge in [-0.15, -0.1) is 0 Å². The first kappa shape index (κ1) is 25.6. The van der Waals surface area contributed by atoms with Gasteiger partial charge >= 0.3 is 0 Å². The maximum Gasteiger partial charge on any atom is 0.242 e. The number of benzene rings is 2. The highest BCUT2D eigenvalue weighted by molar-refractivity contribution is 5.83. The van der Waals surface area contributed by atoms with Crippen LogP contribution in [0.2, 0.25) is 0 Å². The van der Waals surface area contributed by atoms with E-state index in [0.29, 0.717) is 36.8 Å². The largest absolute Gasteiger partial charge is 0.486 e. The fraction of sp³-hybridized carbons (Fsp3) is 0.480. The van der Waals surface area contributed by atoms with Gasteiger partial charge in [0.1, 0.15) is 25.4 Å². The van der Waals surface area contributed by atoms with Crippen LogP contribution in [0.1, 0.15) is 43.9 Å². The SMILES string of the molecule is CC.CO.O=C(C(NCc1ccccc1)[C@H](O)c1ccc2c(c1)OCCO2)N1CCCC1. The third-order valence-electron chi connectivity index (χ3n) is 5.28. The van der Waals surface area contributed by atoms with Crippen LogP contribution in [0.25, 0.3) is 0 Å². The van der Waals surface area contributed by atoms with Gasteiger partial charge in [-0.3, -0.25) is 10.1 Å². The summed E-state index contributed by atoms with van der Waals surface area (Å²) in [7, 11) is 1.00. The van der Waals surface area contributed by atoms with E-state index in [2.05, 4.69) is 5.32 Å². The highest BCUT2D eigenvalue weighted by Crippen LogP contribution is 2.33. The van der Waals surface area contributed by atoms with Crippen LogP contribution in [-0.4, -0.2) is 60.5 Å². The zero-order valence-corrected chi connectivity index (χ0v) is 19.3. The zero-order chi connectivity index (χ0) is 23.3. The Labute approximate surface area is 191 Å². The molecule has 0 saturated carbocycles. The Morgan fingerprint density at radius 2 is 1.62 bits per heavy atom. The summed E-state index contributed by atoms with van der Waals surface area (Å²) < 4.78 is 11.2. The number of fused-ring (bicyclic) bond motifs is 1. The lowest BCUT2D eigenvalue weighted by Gasteiger charge is -2.29. The van der Waals surface area contributed by atoms with Crippen LogP contribution < -0.4 is 14.8 Å². The molecule has 2 atom stereocenters. The fourth-order valence-electron chi connectivity index (χ4n) is 3.73. The van der Waals surface area contributed by atoms with Gasteiger partial charge in [0.25, 0.3) is 0 Å². The second-order valence-electron chi connectivity index (χ2n) is 7.22. The lowest BCUT2D eigenvalue weighted by atomic mass is 10.00. The Kier molecular flexibility index (Phi) is 11.0. The third-order valence-corrected chi connectivity index (χ3v) is 5.28. The van der Waals surface area contributed by atoms with Gasteiger partial charge in [0.2, 0.25) is 5.91 Å². The molecule has 0 spiro atoms. The number of nitrogens with zero attached hydrogens (tertiary/aromatic N) is 1. The molecule has 2 aromatic carbocycles. The Bertz CT molecular complexity index is 809. The number of rotatable bonds is 6. The van der Waals surface area contributed by atoms with Crippen LogP contribution in [0.4, 0.5) is 0 Å². The van der Waals surface area contributed by atoms with E-state index >= 15 is 0 Å². The summed E-state index contributed by atoms with van der Waals surface area (Å²) in [5.41, 5.74) is 1.71. The highest BCUT2D eigenvalue weighted by Gasteiger charge is 2.33. The fourth-order valence-corrected chi connectivity index (χ4v) is 3.73. The average molecular weight is 445 g/mol. The maximum absolute atomic E-state index is 13.1. The number of nitrogens with one attached hydrogen (secondary N) is 1. The minimum atomic E-state index is -0.979. The number of hydrogen-bond acceptors (Lipinski definition) is 6. The van der Waals surface area contributed by atoms with E-state index in [-0.39, 0.29) is 5.91 Å². The van der Waals surface area contributed by atoms with Crippen LogP contribution in [0.5, 0.6) is 11.5 Å². The molecule has 7 nitrogen and oxygen atoms in total. The first-order valence-electron chi connectivity index (χ1n) is 11.3. The van der Waals surface area contributed by atoms with Crippen molar-refractivity contribution < 1.29 is 24.5 Å². The van der Waals surface area contributed by atoms with E-state index in [0.717, 1.165) is 38.6 Å². The molecule has 2 aromatic rings. The van der Waals surface area contributed by atoms with Gasteiger partial charge in [-0.2, -0.15) is 0 Å². The highest BCUT2D eigenvalue weighted by atomic mass is 16.6. The van der Waals surface area contributed by atoms with Gasteiger partial charge in [0, 0.05) is 26.7 Å². The Balaban J connectivity index is 0.000000860. The summed E-state index contributed by atoms with van der Waals surface area (Å²) in [5.74, 6) is 1.22. The Morgan fingerprint density at radius 1 is 1.00 bits per heavy atom. The first-order valence-corrected chi connectivity index (χ1v) is 11.3. The van der Waals surface area contributed by atoms with E-state index in [1.807, 2.05) is 49.1 Å². The smallest absolute Gasteiger partial charge is 0.242 e. The van der Waals surface area contributed by atoms with Gasteiger partial charge in [-0.05, 0) is 36.1 Å². The molecule has 1 saturated heterocycles. The summed E-state index contributed by atoms with van der Waals surface area (Å²) in [5, 5.41) is 21.4. The predicted octanol–water partition coefficient (Wildman–Crippen LogP) is 2.91.